The molecule has 0 atom stereocenters. The fourth-order valence-corrected chi connectivity index (χ4v) is 3.24. The lowest BCUT2D eigenvalue weighted by molar-refractivity contribution is 0.170. The van der Waals surface area contributed by atoms with Crippen LogP contribution in [0.1, 0.15) is 30.3 Å². The minimum Gasteiger partial charge on any atom is -0.334 e. The van der Waals surface area contributed by atoms with E-state index in [2.05, 4.69) is 10.4 Å². The first kappa shape index (κ1) is 16.3. The topological polar surface area (TPSA) is 72.2 Å². The summed E-state index contributed by atoms with van der Waals surface area (Å²) in [4.78, 5) is 26.2. The van der Waals surface area contributed by atoms with Crippen LogP contribution < -0.4 is 11.0 Å². The second-order valence-electron chi connectivity index (χ2n) is 6.19. The summed E-state index contributed by atoms with van der Waals surface area (Å²) in [5.41, 5.74) is 0.998. The molecule has 1 aliphatic rings. The Kier molecular flexibility index (Phi) is 4.69. The molecule has 0 aliphatic carbocycles. The Balaban J connectivity index is 1.55. The zero-order valence-corrected chi connectivity index (χ0v) is 14.1. The van der Waals surface area contributed by atoms with Gasteiger partial charge in [0.1, 0.15) is 5.82 Å². The van der Waals surface area contributed by atoms with Crippen molar-refractivity contribution in [2.45, 2.75) is 32.4 Å². The van der Waals surface area contributed by atoms with E-state index in [1.807, 2.05) is 42.2 Å². The molecule has 0 saturated carbocycles. The summed E-state index contributed by atoms with van der Waals surface area (Å²) >= 11 is 0. The molecule has 24 heavy (non-hydrogen) atoms. The van der Waals surface area contributed by atoms with Gasteiger partial charge in [-0.1, -0.05) is 30.3 Å². The van der Waals surface area contributed by atoms with E-state index >= 15 is 0 Å². The molecule has 7 heteroatoms. The number of benzene rings is 1. The van der Waals surface area contributed by atoms with Crippen LogP contribution in [0.3, 0.4) is 0 Å². The molecule has 1 aromatic carbocycles. The van der Waals surface area contributed by atoms with Crippen molar-refractivity contribution in [3.05, 3.63) is 52.2 Å². The van der Waals surface area contributed by atoms with Gasteiger partial charge in [0.15, 0.2) is 0 Å². The van der Waals surface area contributed by atoms with Crippen LogP contribution >= 0.6 is 0 Å². The maximum absolute atomic E-state index is 12.3. The van der Waals surface area contributed by atoms with Crippen LogP contribution in [-0.2, 0) is 13.6 Å². The average molecular weight is 329 g/mol. The molecular weight excluding hydrogens is 306 g/mol. The van der Waals surface area contributed by atoms with Crippen LogP contribution in [-0.4, -0.2) is 38.4 Å². The smallest absolute Gasteiger partial charge is 0.334 e. The van der Waals surface area contributed by atoms with E-state index in [1.54, 1.807) is 11.6 Å². The van der Waals surface area contributed by atoms with Crippen LogP contribution in [0.4, 0.5) is 4.79 Å². The second kappa shape index (κ2) is 6.90. The zero-order valence-electron chi connectivity index (χ0n) is 14.1. The number of hydrogen-bond acceptors (Lipinski definition) is 3. The van der Waals surface area contributed by atoms with Crippen molar-refractivity contribution >= 4 is 6.03 Å². The minimum absolute atomic E-state index is 0.0486. The van der Waals surface area contributed by atoms with Gasteiger partial charge in [0.05, 0.1) is 0 Å². The van der Waals surface area contributed by atoms with Crippen LogP contribution in [0, 0.1) is 6.92 Å². The molecule has 128 valence electrons. The Bertz CT molecular complexity index is 757. The zero-order chi connectivity index (χ0) is 17.1. The molecule has 1 aromatic heterocycles. The van der Waals surface area contributed by atoms with Crippen molar-refractivity contribution in [1.82, 2.24) is 24.6 Å². The number of carbonyl (C=O) groups excluding carboxylic acids is 1. The molecule has 1 saturated heterocycles. The number of rotatable bonds is 3. The standard InChI is InChI=1S/C17H23N5O2/c1-13-19-20(2)17(24)22(13)15-8-10-21(11-9-15)16(23)18-12-14-6-4-3-5-7-14/h3-7,15H,8-12H2,1-2H3,(H,18,23). The minimum atomic E-state index is -0.0838. The highest BCUT2D eigenvalue weighted by atomic mass is 16.2. The number of nitrogens with one attached hydrogen (secondary N) is 1. The lowest BCUT2D eigenvalue weighted by atomic mass is 10.1. The van der Waals surface area contributed by atoms with Gasteiger partial charge in [0.25, 0.3) is 0 Å². The summed E-state index contributed by atoms with van der Waals surface area (Å²) in [6.07, 6.45) is 1.54. The largest absolute Gasteiger partial charge is 0.345 e. The number of carbonyl (C=O) groups is 1. The number of likely N-dealkylation sites (tertiary alicyclic amines) is 1. The summed E-state index contributed by atoms with van der Waals surface area (Å²) in [6, 6.07) is 9.92. The number of aromatic nitrogens is 3. The third-order valence-corrected chi connectivity index (χ3v) is 4.53. The normalized spacial score (nSPS) is 15.5. The van der Waals surface area contributed by atoms with Crippen LogP contribution in [0.5, 0.6) is 0 Å². The number of urea groups is 1. The fourth-order valence-electron chi connectivity index (χ4n) is 3.24. The number of piperidine rings is 1. The summed E-state index contributed by atoms with van der Waals surface area (Å²) in [7, 11) is 1.66. The van der Waals surface area contributed by atoms with Crippen molar-refractivity contribution in [2.75, 3.05) is 13.1 Å². The van der Waals surface area contributed by atoms with Gasteiger partial charge in [0, 0.05) is 32.7 Å². The van der Waals surface area contributed by atoms with Gasteiger partial charge in [-0.15, -0.1) is 0 Å². The maximum atomic E-state index is 12.3. The molecule has 7 nitrogen and oxygen atoms in total. The Morgan fingerprint density at radius 3 is 2.50 bits per heavy atom. The molecule has 0 spiro atoms. The highest BCUT2D eigenvalue weighted by Crippen LogP contribution is 2.22. The second-order valence-corrected chi connectivity index (χ2v) is 6.19. The van der Waals surface area contributed by atoms with Crippen LogP contribution in [0.2, 0.25) is 0 Å². The quantitative estimate of drug-likeness (QED) is 0.926. The molecular formula is C17H23N5O2. The van der Waals surface area contributed by atoms with Crippen molar-refractivity contribution in [3.63, 3.8) is 0 Å². The SMILES string of the molecule is Cc1nn(C)c(=O)n1C1CCN(C(=O)NCc2ccccc2)CC1. The summed E-state index contributed by atoms with van der Waals surface area (Å²) in [5, 5.41) is 7.13. The van der Waals surface area contributed by atoms with Gasteiger partial charge in [-0.3, -0.25) is 4.57 Å². The average Bonchev–Trinajstić information content (AvgIpc) is 2.86. The van der Waals surface area contributed by atoms with E-state index in [4.69, 9.17) is 0 Å². The predicted molar refractivity (Wildman–Crippen MR) is 90.7 cm³/mol. The summed E-state index contributed by atoms with van der Waals surface area (Å²) in [6.45, 7) is 3.67. The predicted octanol–water partition coefficient (Wildman–Crippen LogP) is 1.44. The molecule has 3 rings (SSSR count). The van der Waals surface area contributed by atoms with Gasteiger partial charge < -0.3 is 10.2 Å². The van der Waals surface area contributed by atoms with E-state index in [9.17, 15) is 9.59 Å². The number of nitrogens with zero attached hydrogens (tertiary/aromatic N) is 4. The van der Waals surface area contributed by atoms with E-state index in [1.165, 1.54) is 4.68 Å². The van der Waals surface area contributed by atoms with Gasteiger partial charge in [-0.25, -0.2) is 14.3 Å². The molecule has 1 fully saturated rings. The lowest BCUT2D eigenvalue weighted by Crippen LogP contribution is -2.45. The first-order valence-corrected chi connectivity index (χ1v) is 8.25. The Morgan fingerprint density at radius 1 is 1.25 bits per heavy atom. The van der Waals surface area contributed by atoms with Crippen LogP contribution in [0.15, 0.2) is 35.1 Å². The number of aryl methyl sites for hydroxylation is 2. The van der Waals surface area contributed by atoms with Gasteiger partial charge in [0.2, 0.25) is 0 Å². The maximum Gasteiger partial charge on any atom is 0.345 e. The third kappa shape index (κ3) is 3.34. The molecule has 2 heterocycles. The van der Waals surface area contributed by atoms with Crippen molar-refractivity contribution in [3.8, 4) is 0 Å². The van der Waals surface area contributed by atoms with Gasteiger partial charge in [-0.05, 0) is 25.3 Å². The van der Waals surface area contributed by atoms with Crippen molar-refractivity contribution in [2.24, 2.45) is 7.05 Å². The molecule has 2 aromatic rings. The fraction of sp³-hybridized carbons (Fsp3) is 0.471. The Labute approximate surface area is 140 Å². The van der Waals surface area contributed by atoms with Crippen molar-refractivity contribution < 1.29 is 4.79 Å². The lowest BCUT2D eigenvalue weighted by Gasteiger charge is -2.32. The Morgan fingerprint density at radius 2 is 1.92 bits per heavy atom. The third-order valence-electron chi connectivity index (χ3n) is 4.53. The monoisotopic (exact) mass is 329 g/mol. The van der Waals surface area contributed by atoms with Crippen LogP contribution in [0.25, 0.3) is 0 Å². The van der Waals surface area contributed by atoms with E-state index in [0.29, 0.717) is 19.6 Å². The first-order chi connectivity index (χ1) is 11.6. The Hall–Kier alpha value is -2.57. The summed E-state index contributed by atoms with van der Waals surface area (Å²) < 4.78 is 3.12. The van der Waals surface area contributed by atoms with Crippen molar-refractivity contribution in [1.29, 1.82) is 0 Å². The van der Waals surface area contributed by atoms with Gasteiger partial charge in [-0.2, -0.15) is 5.10 Å². The van der Waals surface area contributed by atoms with E-state index in [0.717, 1.165) is 24.2 Å². The molecule has 1 N–H and O–H groups in total. The molecule has 0 bridgehead atoms. The molecule has 0 unspecified atom stereocenters. The highest BCUT2D eigenvalue weighted by molar-refractivity contribution is 5.74. The summed E-state index contributed by atoms with van der Waals surface area (Å²) in [5.74, 6) is 0.731. The van der Waals surface area contributed by atoms with Gasteiger partial charge >= 0.3 is 11.7 Å². The van der Waals surface area contributed by atoms with E-state index in [-0.39, 0.29) is 17.8 Å². The first-order valence-electron chi connectivity index (χ1n) is 8.25. The number of amides is 2. The molecule has 2 amide bonds. The molecule has 1 aliphatic heterocycles. The molecule has 0 radical (unpaired) electrons. The van der Waals surface area contributed by atoms with E-state index < -0.39 is 0 Å². The number of hydrogen-bond donors (Lipinski definition) is 1. The highest BCUT2D eigenvalue weighted by Gasteiger charge is 2.26.